The van der Waals surface area contributed by atoms with Crippen molar-refractivity contribution in [3.8, 4) is 5.75 Å². The largest absolute Gasteiger partial charge is 0.496 e. The molecule has 0 fully saturated rings. The van der Waals surface area contributed by atoms with Crippen molar-refractivity contribution in [3.63, 3.8) is 0 Å². The molecular formula is C18H21N3O2. The molecule has 2 heterocycles. The second-order valence-corrected chi connectivity index (χ2v) is 5.46. The summed E-state index contributed by atoms with van der Waals surface area (Å²) in [6, 6.07) is 11.9. The summed E-state index contributed by atoms with van der Waals surface area (Å²) < 4.78 is 13.2. The second-order valence-electron chi connectivity index (χ2n) is 5.46. The smallest absolute Gasteiger partial charge is 0.130 e. The van der Waals surface area contributed by atoms with Crippen molar-refractivity contribution in [2.45, 2.75) is 19.5 Å². The van der Waals surface area contributed by atoms with Crippen molar-refractivity contribution in [1.82, 2.24) is 14.9 Å². The van der Waals surface area contributed by atoms with Crippen LogP contribution < -0.4 is 10.1 Å². The van der Waals surface area contributed by atoms with Gasteiger partial charge in [-0.15, -0.1) is 0 Å². The zero-order valence-corrected chi connectivity index (χ0v) is 13.6. The fourth-order valence-electron chi connectivity index (χ4n) is 2.68. The number of aromatic nitrogens is 2. The van der Waals surface area contributed by atoms with Crippen LogP contribution in [0.2, 0.25) is 0 Å². The van der Waals surface area contributed by atoms with Crippen LogP contribution in [0, 0.1) is 6.92 Å². The quantitative estimate of drug-likeness (QED) is 0.759. The van der Waals surface area contributed by atoms with Gasteiger partial charge in [0.25, 0.3) is 0 Å². The average molecular weight is 311 g/mol. The lowest BCUT2D eigenvalue weighted by Crippen LogP contribution is -2.25. The van der Waals surface area contributed by atoms with Gasteiger partial charge in [0.15, 0.2) is 0 Å². The monoisotopic (exact) mass is 311 g/mol. The molecule has 0 aliphatic carbocycles. The third kappa shape index (κ3) is 3.29. The Bertz CT molecular complexity index is 776. The molecule has 3 aromatic rings. The van der Waals surface area contributed by atoms with Crippen LogP contribution in [0.4, 0.5) is 0 Å². The molecule has 0 saturated heterocycles. The van der Waals surface area contributed by atoms with Crippen LogP contribution in [0.25, 0.3) is 0 Å². The summed E-state index contributed by atoms with van der Waals surface area (Å²) in [5.41, 5.74) is 1.05. The molecule has 1 unspecified atom stereocenters. The molecule has 1 atom stereocenters. The van der Waals surface area contributed by atoms with Gasteiger partial charge in [-0.3, -0.25) is 5.32 Å². The number of nitrogens with zero attached hydrogens (tertiary/aromatic N) is 2. The first kappa shape index (κ1) is 15.4. The summed E-state index contributed by atoms with van der Waals surface area (Å²) in [5, 5.41) is 3.53. The third-order valence-electron chi connectivity index (χ3n) is 3.84. The molecule has 0 saturated carbocycles. The summed E-state index contributed by atoms with van der Waals surface area (Å²) in [4.78, 5) is 4.50. The summed E-state index contributed by atoms with van der Waals surface area (Å²) in [6.45, 7) is 2.56. The van der Waals surface area contributed by atoms with Crippen molar-refractivity contribution in [2.75, 3.05) is 7.11 Å². The van der Waals surface area contributed by atoms with Crippen LogP contribution >= 0.6 is 0 Å². The minimum atomic E-state index is -0.0865. The molecule has 0 amide bonds. The van der Waals surface area contributed by atoms with Crippen molar-refractivity contribution in [1.29, 1.82) is 0 Å². The lowest BCUT2D eigenvalue weighted by molar-refractivity contribution is 0.396. The van der Waals surface area contributed by atoms with E-state index in [4.69, 9.17) is 9.15 Å². The Morgan fingerprint density at radius 1 is 1.26 bits per heavy atom. The number of aryl methyl sites for hydroxylation is 2. The predicted molar refractivity (Wildman–Crippen MR) is 88.3 cm³/mol. The molecule has 3 rings (SSSR count). The molecule has 0 aliphatic heterocycles. The van der Waals surface area contributed by atoms with Gasteiger partial charge in [-0.1, -0.05) is 18.2 Å². The zero-order valence-electron chi connectivity index (χ0n) is 13.6. The lowest BCUT2D eigenvalue weighted by atomic mass is 10.0. The number of hydrogen-bond donors (Lipinski definition) is 1. The Morgan fingerprint density at radius 2 is 2.09 bits per heavy atom. The van der Waals surface area contributed by atoms with Gasteiger partial charge in [0.05, 0.1) is 19.7 Å². The number of benzene rings is 1. The van der Waals surface area contributed by atoms with Crippen molar-refractivity contribution >= 4 is 0 Å². The van der Waals surface area contributed by atoms with Crippen molar-refractivity contribution in [2.24, 2.45) is 7.05 Å². The van der Waals surface area contributed by atoms with E-state index < -0.39 is 0 Å². The predicted octanol–water partition coefficient (Wildman–Crippen LogP) is 3.21. The third-order valence-corrected chi connectivity index (χ3v) is 3.84. The number of rotatable bonds is 6. The molecule has 5 heteroatoms. The topological polar surface area (TPSA) is 52.2 Å². The highest BCUT2D eigenvalue weighted by Gasteiger charge is 2.21. The number of ether oxygens (including phenoxy) is 1. The zero-order chi connectivity index (χ0) is 16.2. The van der Waals surface area contributed by atoms with Crippen molar-refractivity contribution in [3.05, 3.63) is 71.7 Å². The molecule has 5 nitrogen and oxygen atoms in total. The minimum Gasteiger partial charge on any atom is -0.496 e. The van der Waals surface area contributed by atoms with Gasteiger partial charge >= 0.3 is 0 Å². The van der Waals surface area contributed by atoms with E-state index in [1.54, 1.807) is 13.3 Å². The number of imidazole rings is 1. The van der Waals surface area contributed by atoms with Crippen LogP contribution in [0.1, 0.15) is 29.0 Å². The minimum absolute atomic E-state index is 0.0865. The van der Waals surface area contributed by atoms with Crippen LogP contribution in [-0.4, -0.2) is 16.7 Å². The number of nitrogens with one attached hydrogen (secondary N) is 1. The van der Waals surface area contributed by atoms with Gasteiger partial charge in [-0.25, -0.2) is 4.98 Å². The average Bonchev–Trinajstić information content (AvgIpc) is 3.17. The molecule has 0 bridgehead atoms. The molecule has 2 aromatic heterocycles. The van der Waals surface area contributed by atoms with Gasteiger partial charge in [-0.05, 0) is 25.1 Å². The Labute approximate surface area is 135 Å². The fourth-order valence-corrected chi connectivity index (χ4v) is 2.68. The van der Waals surface area contributed by atoms with Gasteiger partial charge < -0.3 is 13.7 Å². The molecule has 1 aromatic carbocycles. The van der Waals surface area contributed by atoms with E-state index in [2.05, 4.69) is 16.4 Å². The fraction of sp³-hybridized carbons (Fsp3) is 0.278. The van der Waals surface area contributed by atoms with E-state index in [9.17, 15) is 0 Å². The van der Waals surface area contributed by atoms with E-state index >= 15 is 0 Å². The molecule has 1 N–H and O–H groups in total. The Balaban J connectivity index is 1.92. The Hall–Kier alpha value is -2.53. The molecular weight excluding hydrogens is 290 g/mol. The van der Waals surface area contributed by atoms with E-state index in [0.717, 1.165) is 28.7 Å². The Kier molecular flexibility index (Phi) is 4.48. The maximum absolute atomic E-state index is 5.65. The van der Waals surface area contributed by atoms with E-state index in [1.165, 1.54) is 0 Å². The van der Waals surface area contributed by atoms with Crippen LogP contribution in [-0.2, 0) is 13.6 Å². The highest BCUT2D eigenvalue weighted by molar-refractivity contribution is 5.39. The summed E-state index contributed by atoms with van der Waals surface area (Å²) in [7, 11) is 3.67. The van der Waals surface area contributed by atoms with E-state index in [-0.39, 0.29) is 6.04 Å². The maximum Gasteiger partial charge on any atom is 0.130 e. The number of para-hydroxylation sites is 1. The lowest BCUT2D eigenvalue weighted by Gasteiger charge is -2.20. The normalized spacial score (nSPS) is 12.3. The van der Waals surface area contributed by atoms with Gasteiger partial charge in [0.1, 0.15) is 23.1 Å². The number of hydrogen-bond acceptors (Lipinski definition) is 4. The van der Waals surface area contributed by atoms with Gasteiger partial charge in [-0.2, -0.15) is 0 Å². The van der Waals surface area contributed by atoms with Crippen LogP contribution in [0.3, 0.4) is 0 Å². The first-order valence-corrected chi connectivity index (χ1v) is 7.58. The van der Waals surface area contributed by atoms with Crippen molar-refractivity contribution < 1.29 is 9.15 Å². The standard InChI is InChI=1S/C18H21N3O2/c1-13-8-9-14(23-13)12-20-17(18-19-10-11-21(18)2)15-6-4-5-7-16(15)22-3/h4-11,17,20H,12H2,1-3H3. The number of furan rings is 1. The molecule has 0 spiro atoms. The summed E-state index contributed by atoms with van der Waals surface area (Å²) in [6.07, 6.45) is 3.74. The van der Waals surface area contributed by atoms with Gasteiger partial charge in [0, 0.05) is 25.0 Å². The first-order valence-electron chi connectivity index (χ1n) is 7.58. The van der Waals surface area contributed by atoms with Crippen LogP contribution in [0.15, 0.2) is 53.2 Å². The maximum atomic E-state index is 5.65. The first-order chi connectivity index (χ1) is 11.2. The highest BCUT2D eigenvalue weighted by atomic mass is 16.5. The SMILES string of the molecule is COc1ccccc1C(NCc1ccc(C)o1)c1nccn1C. The van der Waals surface area contributed by atoms with Crippen LogP contribution in [0.5, 0.6) is 5.75 Å². The molecule has 0 radical (unpaired) electrons. The summed E-state index contributed by atoms with van der Waals surface area (Å²) >= 11 is 0. The highest BCUT2D eigenvalue weighted by Crippen LogP contribution is 2.29. The molecule has 0 aliphatic rings. The second kappa shape index (κ2) is 6.71. The van der Waals surface area contributed by atoms with Gasteiger partial charge in [0.2, 0.25) is 0 Å². The number of methoxy groups -OCH3 is 1. The Morgan fingerprint density at radius 3 is 2.74 bits per heavy atom. The van der Waals surface area contributed by atoms with E-state index in [0.29, 0.717) is 6.54 Å². The molecule has 23 heavy (non-hydrogen) atoms. The van der Waals surface area contributed by atoms with E-state index in [1.807, 2.05) is 55.1 Å². The molecule has 120 valence electrons. The summed E-state index contributed by atoms with van der Waals surface area (Å²) in [5.74, 6) is 3.57.